The minimum Gasteiger partial charge on any atom is -0.361 e. The molecule has 1 unspecified atom stereocenters. The standard InChI is InChI=1S/C23H35N5OSi/c1-5-21(18-8-6-7-9-18)28-15-19(14-26-28)22-20-10-11-27(23(20)25-16-24-22)17-29-12-13-30(2,3)4/h10-11,14-16,18,21H,5-9,12-13,17H2,1-4H3. The first kappa shape index (κ1) is 21.2. The van der Waals surface area contributed by atoms with Crippen LogP contribution >= 0.6 is 0 Å². The summed E-state index contributed by atoms with van der Waals surface area (Å²) in [7, 11) is -1.08. The normalized spacial score (nSPS) is 16.5. The molecule has 30 heavy (non-hydrogen) atoms. The maximum atomic E-state index is 5.94. The van der Waals surface area contributed by atoms with Crippen molar-refractivity contribution in [1.29, 1.82) is 0 Å². The summed E-state index contributed by atoms with van der Waals surface area (Å²) in [5.74, 6) is 0.752. The molecule has 1 fully saturated rings. The predicted molar refractivity (Wildman–Crippen MR) is 124 cm³/mol. The van der Waals surface area contributed by atoms with Crippen LogP contribution in [0.4, 0.5) is 0 Å². The highest BCUT2D eigenvalue weighted by Gasteiger charge is 2.26. The minimum absolute atomic E-state index is 0.489. The second-order valence-electron chi connectivity index (χ2n) is 9.82. The van der Waals surface area contributed by atoms with Crippen molar-refractivity contribution in [2.45, 2.75) is 77.5 Å². The lowest BCUT2D eigenvalue weighted by Gasteiger charge is -2.22. The third-order valence-electron chi connectivity index (χ3n) is 6.36. The molecule has 0 N–H and O–H groups in total. The molecule has 1 saturated carbocycles. The summed E-state index contributed by atoms with van der Waals surface area (Å²) in [5, 5.41) is 5.79. The number of ether oxygens (including phenoxy) is 1. The van der Waals surface area contributed by atoms with E-state index in [0.717, 1.165) is 41.2 Å². The van der Waals surface area contributed by atoms with E-state index >= 15 is 0 Å². The van der Waals surface area contributed by atoms with Gasteiger partial charge in [0.25, 0.3) is 0 Å². The maximum Gasteiger partial charge on any atom is 0.145 e. The first-order valence-electron chi connectivity index (χ1n) is 11.4. The van der Waals surface area contributed by atoms with E-state index in [4.69, 9.17) is 9.84 Å². The van der Waals surface area contributed by atoms with E-state index in [-0.39, 0.29) is 0 Å². The van der Waals surface area contributed by atoms with Crippen LogP contribution in [0.3, 0.4) is 0 Å². The van der Waals surface area contributed by atoms with Gasteiger partial charge in [-0.15, -0.1) is 0 Å². The second kappa shape index (κ2) is 9.02. The van der Waals surface area contributed by atoms with Gasteiger partial charge in [-0.1, -0.05) is 39.4 Å². The molecule has 1 atom stereocenters. The van der Waals surface area contributed by atoms with Crippen LogP contribution in [0, 0.1) is 5.92 Å². The molecule has 0 radical (unpaired) electrons. The van der Waals surface area contributed by atoms with Crippen LogP contribution < -0.4 is 0 Å². The lowest BCUT2D eigenvalue weighted by atomic mass is 9.96. The van der Waals surface area contributed by atoms with Gasteiger partial charge in [-0.3, -0.25) is 4.68 Å². The molecule has 3 aromatic heterocycles. The molecule has 162 valence electrons. The average Bonchev–Trinajstić information content (AvgIpc) is 3.46. The zero-order chi connectivity index (χ0) is 21.1. The van der Waals surface area contributed by atoms with Crippen molar-refractivity contribution in [3.05, 3.63) is 31.0 Å². The molecular formula is C23H35N5OSi. The zero-order valence-corrected chi connectivity index (χ0v) is 19.8. The highest BCUT2D eigenvalue weighted by Crippen LogP contribution is 2.36. The number of aromatic nitrogens is 5. The molecule has 1 aliphatic carbocycles. The molecule has 3 aromatic rings. The fourth-order valence-electron chi connectivity index (χ4n) is 4.60. The highest BCUT2D eigenvalue weighted by atomic mass is 28.3. The van der Waals surface area contributed by atoms with Gasteiger partial charge in [0.05, 0.1) is 17.9 Å². The van der Waals surface area contributed by atoms with Crippen molar-refractivity contribution in [1.82, 2.24) is 24.3 Å². The molecule has 6 nitrogen and oxygen atoms in total. The summed E-state index contributed by atoms with van der Waals surface area (Å²) in [6.45, 7) is 10.7. The Bertz CT molecular complexity index is 968. The number of hydrogen-bond acceptors (Lipinski definition) is 4. The second-order valence-corrected chi connectivity index (χ2v) is 15.4. The van der Waals surface area contributed by atoms with Gasteiger partial charge in [0.15, 0.2) is 0 Å². The summed E-state index contributed by atoms with van der Waals surface area (Å²) >= 11 is 0. The van der Waals surface area contributed by atoms with Gasteiger partial charge in [-0.05, 0) is 37.3 Å². The lowest BCUT2D eigenvalue weighted by molar-refractivity contribution is 0.0899. The fourth-order valence-corrected chi connectivity index (χ4v) is 5.36. The van der Waals surface area contributed by atoms with Crippen LogP contribution in [0.1, 0.15) is 45.1 Å². The van der Waals surface area contributed by atoms with Gasteiger partial charge in [-0.25, -0.2) is 9.97 Å². The zero-order valence-electron chi connectivity index (χ0n) is 18.8. The fraction of sp³-hybridized carbons (Fsp3) is 0.609. The number of hydrogen-bond donors (Lipinski definition) is 0. The quantitative estimate of drug-likeness (QED) is 0.324. The number of nitrogens with zero attached hydrogens (tertiary/aromatic N) is 5. The number of fused-ring (bicyclic) bond motifs is 1. The molecule has 4 rings (SSSR count). The van der Waals surface area contributed by atoms with Crippen LogP contribution in [0.5, 0.6) is 0 Å². The SMILES string of the molecule is CCC(C1CCCC1)n1cc(-c2ncnc3c2ccn3COCC[Si](C)(C)C)cn1. The summed E-state index contributed by atoms with van der Waals surface area (Å²) in [4.78, 5) is 9.13. The number of rotatable bonds is 9. The average molecular weight is 426 g/mol. The van der Waals surface area contributed by atoms with Gasteiger partial charge in [-0.2, -0.15) is 5.10 Å². The van der Waals surface area contributed by atoms with Crippen LogP contribution in [0.25, 0.3) is 22.3 Å². The monoisotopic (exact) mass is 425 g/mol. The Morgan fingerprint density at radius 2 is 2.00 bits per heavy atom. The molecule has 7 heteroatoms. The predicted octanol–water partition coefficient (Wildman–Crippen LogP) is 5.75. The largest absolute Gasteiger partial charge is 0.361 e. The van der Waals surface area contributed by atoms with E-state index < -0.39 is 8.07 Å². The summed E-state index contributed by atoms with van der Waals surface area (Å²) < 4.78 is 10.2. The van der Waals surface area contributed by atoms with Gasteiger partial charge < -0.3 is 9.30 Å². The lowest BCUT2D eigenvalue weighted by Crippen LogP contribution is -2.22. The Morgan fingerprint density at radius 1 is 1.20 bits per heavy atom. The Labute approximate surface area is 180 Å². The summed E-state index contributed by atoms with van der Waals surface area (Å²) in [5.41, 5.74) is 2.94. The van der Waals surface area contributed by atoms with E-state index in [1.54, 1.807) is 6.33 Å². The van der Waals surface area contributed by atoms with E-state index in [0.29, 0.717) is 12.8 Å². The molecule has 0 saturated heterocycles. The van der Waals surface area contributed by atoms with Crippen molar-refractivity contribution in [3.8, 4) is 11.3 Å². The Hall–Kier alpha value is -1.99. The van der Waals surface area contributed by atoms with Gasteiger partial charge in [0, 0.05) is 38.0 Å². The topological polar surface area (TPSA) is 57.8 Å². The van der Waals surface area contributed by atoms with Gasteiger partial charge in [0.1, 0.15) is 18.7 Å². The molecular weight excluding hydrogens is 390 g/mol. The summed E-state index contributed by atoms with van der Waals surface area (Å²) in [6.07, 6.45) is 14.3. The first-order valence-corrected chi connectivity index (χ1v) is 15.1. The van der Waals surface area contributed by atoms with E-state index in [2.05, 4.69) is 64.2 Å². The molecule has 0 amide bonds. The molecule has 0 bridgehead atoms. The summed E-state index contributed by atoms with van der Waals surface area (Å²) in [6, 6.07) is 3.76. The third-order valence-corrected chi connectivity index (χ3v) is 8.06. The van der Waals surface area contributed by atoms with E-state index in [9.17, 15) is 0 Å². The molecule has 0 spiro atoms. The van der Waals surface area contributed by atoms with Crippen molar-refractivity contribution in [3.63, 3.8) is 0 Å². The van der Waals surface area contributed by atoms with Crippen molar-refractivity contribution < 1.29 is 4.74 Å². The first-order chi connectivity index (χ1) is 14.5. The van der Waals surface area contributed by atoms with Crippen molar-refractivity contribution >= 4 is 19.1 Å². The van der Waals surface area contributed by atoms with E-state index in [1.807, 2.05) is 6.20 Å². The van der Waals surface area contributed by atoms with Crippen LogP contribution in [-0.4, -0.2) is 39.0 Å². The molecule has 3 heterocycles. The minimum atomic E-state index is -1.08. The van der Waals surface area contributed by atoms with Gasteiger partial charge in [0.2, 0.25) is 0 Å². The molecule has 1 aliphatic rings. The van der Waals surface area contributed by atoms with Crippen LogP contribution in [0.15, 0.2) is 31.0 Å². The smallest absolute Gasteiger partial charge is 0.145 e. The molecule has 0 aliphatic heterocycles. The van der Waals surface area contributed by atoms with Crippen molar-refractivity contribution in [2.75, 3.05) is 6.61 Å². The highest BCUT2D eigenvalue weighted by molar-refractivity contribution is 6.76. The van der Waals surface area contributed by atoms with Crippen molar-refractivity contribution in [2.24, 2.45) is 5.92 Å². The Kier molecular flexibility index (Phi) is 6.39. The molecule has 0 aromatic carbocycles. The van der Waals surface area contributed by atoms with E-state index in [1.165, 1.54) is 31.7 Å². The Morgan fingerprint density at radius 3 is 2.73 bits per heavy atom. The third kappa shape index (κ3) is 4.67. The van der Waals surface area contributed by atoms with Crippen LogP contribution in [0.2, 0.25) is 25.7 Å². The Balaban J connectivity index is 1.52. The van der Waals surface area contributed by atoms with Gasteiger partial charge >= 0.3 is 0 Å². The van der Waals surface area contributed by atoms with Crippen LogP contribution in [-0.2, 0) is 11.5 Å². The maximum absolute atomic E-state index is 5.94.